The van der Waals surface area contributed by atoms with Crippen molar-refractivity contribution in [3.05, 3.63) is 41.4 Å². The van der Waals surface area contributed by atoms with E-state index in [1.807, 2.05) is 18.2 Å². The molecule has 0 bridgehead atoms. The molecule has 0 radical (unpaired) electrons. The van der Waals surface area contributed by atoms with Crippen LogP contribution in [0, 0.1) is 0 Å². The van der Waals surface area contributed by atoms with Crippen molar-refractivity contribution in [3.8, 4) is 11.5 Å². The quantitative estimate of drug-likeness (QED) is 0.448. The number of hydrogen-bond donors (Lipinski definition) is 2. The van der Waals surface area contributed by atoms with Gasteiger partial charge < -0.3 is 19.8 Å². The largest absolute Gasteiger partial charge is 0.497 e. The number of hydrogen-bond acceptors (Lipinski definition) is 7. The number of ether oxygens (including phenoxy) is 2. The van der Waals surface area contributed by atoms with Gasteiger partial charge >= 0.3 is 0 Å². The van der Waals surface area contributed by atoms with Gasteiger partial charge in [-0.25, -0.2) is 4.98 Å². The highest BCUT2D eigenvalue weighted by atomic mass is 35.5. The molecule has 0 saturated carbocycles. The monoisotopic (exact) mass is 429 g/mol. The van der Waals surface area contributed by atoms with Crippen LogP contribution in [0.3, 0.4) is 0 Å². The summed E-state index contributed by atoms with van der Waals surface area (Å²) in [5.41, 5.74) is 2.64. The van der Waals surface area contributed by atoms with Crippen LogP contribution in [0.25, 0.3) is 22.1 Å². The molecule has 0 aliphatic rings. The van der Waals surface area contributed by atoms with Gasteiger partial charge in [-0.1, -0.05) is 23.4 Å². The first-order chi connectivity index (χ1) is 14.1. The third-order valence-electron chi connectivity index (χ3n) is 4.17. The number of methoxy groups -OCH3 is 2. The number of halogens is 1. The number of thioether (sulfide) groups is 1. The summed E-state index contributed by atoms with van der Waals surface area (Å²) < 4.78 is 10.5. The SMILES string of the molecule is COc1ccc2[nH]c3nc(SCC(=O)Nc4cc(Cl)ccc4OC)nnc3c2c1. The van der Waals surface area contributed by atoms with Gasteiger partial charge in [-0.2, -0.15) is 0 Å². The zero-order valence-corrected chi connectivity index (χ0v) is 17.1. The second kappa shape index (κ2) is 8.14. The molecule has 2 N–H and O–H groups in total. The summed E-state index contributed by atoms with van der Waals surface area (Å²) in [6.45, 7) is 0. The van der Waals surface area contributed by atoms with Gasteiger partial charge in [0.15, 0.2) is 5.65 Å². The average Bonchev–Trinajstić information content (AvgIpc) is 3.09. The smallest absolute Gasteiger partial charge is 0.234 e. The lowest BCUT2D eigenvalue weighted by atomic mass is 10.2. The number of aromatic amines is 1. The number of nitrogens with one attached hydrogen (secondary N) is 2. The molecule has 10 heteroatoms. The van der Waals surface area contributed by atoms with E-state index >= 15 is 0 Å². The van der Waals surface area contributed by atoms with E-state index in [0.717, 1.165) is 16.7 Å². The molecule has 4 aromatic rings. The molecule has 0 atom stereocenters. The van der Waals surface area contributed by atoms with Crippen LogP contribution < -0.4 is 14.8 Å². The van der Waals surface area contributed by atoms with Crippen LogP contribution in [-0.2, 0) is 4.79 Å². The van der Waals surface area contributed by atoms with Gasteiger partial charge in [0.25, 0.3) is 0 Å². The highest BCUT2D eigenvalue weighted by Gasteiger charge is 2.13. The standard InChI is InChI=1S/C19H16ClN5O3S/c1-27-11-4-5-13-12(8-11)17-18(22-13)23-19(25-24-17)29-9-16(26)21-14-7-10(20)3-6-15(14)28-2/h3-8H,9H2,1-2H3,(H,21,26)(H,22,23,25). The van der Waals surface area contributed by atoms with Crippen molar-refractivity contribution < 1.29 is 14.3 Å². The van der Waals surface area contributed by atoms with E-state index in [4.69, 9.17) is 21.1 Å². The molecule has 2 aromatic heterocycles. The van der Waals surface area contributed by atoms with Crippen molar-refractivity contribution in [2.24, 2.45) is 0 Å². The number of aromatic nitrogens is 4. The number of carbonyl (C=O) groups excluding carboxylic acids is 1. The van der Waals surface area contributed by atoms with Crippen LogP contribution in [0.2, 0.25) is 5.02 Å². The molecule has 0 saturated heterocycles. The zero-order chi connectivity index (χ0) is 20.4. The molecule has 4 rings (SSSR count). The Morgan fingerprint density at radius 2 is 2.03 bits per heavy atom. The third-order valence-corrected chi connectivity index (χ3v) is 5.24. The fourth-order valence-corrected chi connectivity index (χ4v) is 3.58. The van der Waals surface area contributed by atoms with Crippen molar-refractivity contribution >= 4 is 57.0 Å². The zero-order valence-electron chi connectivity index (χ0n) is 15.5. The van der Waals surface area contributed by atoms with Crippen LogP contribution in [0.1, 0.15) is 0 Å². The fraction of sp³-hybridized carbons (Fsp3) is 0.158. The van der Waals surface area contributed by atoms with Gasteiger partial charge in [0, 0.05) is 15.9 Å². The highest BCUT2D eigenvalue weighted by molar-refractivity contribution is 7.99. The lowest BCUT2D eigenvalue weighted by Gasteiger charge is -2.10. The second-order valence-electron chi connectivity index (χ2n) is 6.01. The van der Waals surface area contributed by atoms with Crippen LogP contribution in [-0.4, -0.2) is 46.0 Å². The first kappa shape index (κ1) is 19.3. The molecule has 2 heterocycles. The van der Waals surface area contributed by atoms with E-state index in [1.54, 1.807) is 25.3 Å². The maximum absolute atomic E-state index is 12.3. The summed E-state index contributed by atoms with van der Waals surface area (Å²) in [5.74, 6) is 1.13. The Kier molecular flexibility index (Phi) is 5.41. The van der Waals surface area contributed by atoms with E-state index in [2.05, 4.69) is 25.5 Å². The van der Waals surface area contributed by atoms with Crippen LogP contribution in [0.15, 0.2) is 41.6 Å². The molecule has 0 aliphatic heterocycles. The molecule has 29 heavy (non-hydrogen) atoms. The number of anilines is 1. The number of benzene rings is 2. The van der Waals surface area contributed by atoms with Gasteiger partial charge in [0.05, 0.1) is 25.7 Å². The molecule has 1 amide bonds. The Bertz CT molecular complexity index is 1210. The van der Waals surface area contributed by atoms with Gasteiger partial charge in [-0.15, -0.1) is 10.2 Å². The Labute approximate surface area is 175 Å². The summed E-state index contributed by atoms with van der Waals surface area (Å²) >= 11 is 7.17. The number of amides is 1. The fourth-order valence-electron chi connectivity index (χ4n) is 2.82. The number of nitrogens with zero attached hydrogens (tertiary/aromatic N) is 3. The van der Waals surface area contributed by atoms with Gasteiger partial charge in [0.1, 0.15) is 17.0 Å². The van der Waals surface area contributed by atoms with E-state index in [-0.39, 0.29) is 11.7 Å². The van der Waals surface area contributed by atoms with E-state index in [1.165, 1.54) is 18.9 Å². The predicted octanol–water partition coefficient (Wildman–Crippen LogP) is 3.91. The van der Waals surface area contributed by atoms with Crippen molar-refractivity contribution in [2.45, 2.75) is 5.16 Å². The molecular formula is C19H16ClN5O3S. The minimum absolute atomic E-state index is 0.108. The molecule has 0 fully saturated rings. The maximum Gasteiger partial charge on any atom is 0.234 e. The van der Waals surface area contributed by atoms with Crippen LogP contribution >= 0.6 is 23.4 Å². The minimum Gasteiger partial charge on any atom is -0.497 e. The summed E-state index contributed by atoms with van der Waals surface area (Å²) in [6, 6.07) is 10.6. The minimum atomic E-state index is -0.236. The van der Waals surface area contributed by atoms with Crippen molar-refractivity contribution in [1.82, 2.24) is 20.2 Å². The topological polar surface area (TPSA) is 102 Å². The Morgan fingerprint density at radius 1 is 1.17 bits per heavy atom. The Morgan fingerprint density at radius 3 is 2.83 bits per heavy atom. The van der Waals surface area contributed by atoms with Crippen LogP contribution in [0.5, 0.6) is 11.5 Å². The molecule has 148 valence electrons. The summed E-state index contributed by atoms with van der Waals surface area (Å²) in [6.07, 6.45) is 0. The summed E-state index contributed by atoms with van der Waals surface area (Å²) in [4.78, 5) is 20.0. The highest BCUT2D eigenvalue weighted by Crippen LogP contribution is 2.29. The molecule has 8 nitrogen and oxygen atoms in total. The van der Waals surface area contributed by atoms with Gasteiger partial charge in [-0.3, -0.25) is 4.79 Å². The summed E-state index contributed by atoms with van der Waals surface area (Å²) in [5, 5.41) is 12.9. The number of H-pyrrole nitrogens is 1. The van der Waals surface area contributed by atoms with Gasteiger partial charge in [0.2, 0.25) is 11.1 Å². The van der Waals surface area contributed by atoms with Crippen LogP contribution in [0.4, 0.5) is 5.69 Å². The number of carbonyl (C=O) groups is 1. The summed E-state index contributed by atoms with van der Waals surface area (Å²) in [7, 11) is 3.14. The van der Waals surface area contributed by atoms with Crippen molar-refractivity contribution in [1.29, 1.82) is 0 Å². The average molecular weight is 430 g/mol. The first-order valence-corrected chi connectivity index (χ1v) is 9.90. The van der Waals surface area contributed by atoms with Crippen molar-refractivity contribution in [3.63, 3.8) is 0 Å². The second-order valence-corrected chi connectivity index (χ2v) is 7.39. The Balaban J connectivity index is 1.49. The lowest BCUT2D eigenvalue weighted by Crippen LogP contribution is -2.15. The molecule has 0 aliphatic carbocycles. The number of rotatable bonds is 6. The molecule has 2 aromatic carbocycles. The van der Waals surface area contributed by atoms with E-state index in [0.29, 0.717) is 32.8 Å². The molecule has 0 unspecified atom stereocenters. The number of fused-ring (bicyclic) bond motifs is 3. The van der Waals surface area contributed by atoms with Crippen molar-refractivity contribution in [2.75, 3.05) is 25.3 Å². The lowest BCUT2D eigenvalue weighted by molar-refractivity contribution is -0.113. The normalized spacial score (nSPS) is 11.0. The predicted molar refractivity (Wildman–Crippen MR) is 113 cm³/mol. The molecule has 0 spiro atoms. The first-order valence-electron chi connectivity index (χ1n) is 8.53. The van der Waals surface area contributed by atoms with E-state index < -0.39 is 0 Å². The van der Waals surface area contributed by atoms with E-state index in [9.17, 15) is 4.79 Å². The van der Waals surface area contributed by atoms with Gasteiger partial charge in [-0.05, 0) is 36.4 Å². The maximum atomic E-state index is 12.3. The third kappa shape index (κ3) is 4.06. The Hall–Kier alpha value is -3.04. The molecular weight excluding hydrogens is 414 g/mol.